The predicted molar refractivity (Wildman–Crippen MR) is 79.4 cm³/mol. The summed E-state index contributed by atoms with van der Waals surface area (Å²) in [5, 5.41) is 0. The van der Waals surface area contributed by atoms with Crippen LogP contribution in [0.2, 0.25) is 0 Å². The standard InChI is InChI=1S/C16H25NO4/c1-3-20-15(18)14(16(19)21-4-2)10-6-9-13-17-11-7-5-8-12-17/h14H,3-5,7-8,10-13H2,1-2H3. The van der Waals surface area contributed by atoms with E-state index in [1.807, 2.05) is 0 Å². The van der Waals surface area contributed by atoms with Gasteiger partial charge >= 0.3 is 11.9 Å². The van der Waals surface area contributed by atoms with E-state index in [1.165, 1.54) is 19.3 Å². The quantitative estimate of drug-likeness (QED) is 0.423. The van der Waals surface area contributed by atoms with Gasteiger partial charge in [0.15, 0.2) is 5.92 Å². The molecule has 0 unspecified atom stereocenters. The lowest BCUT2D eigenvalue weighted by Crippen LogP contribution is -2.30. The van der Waals surface area contributed by atoms with E-state index in [9.17, 15) is 9.59 Å². The van der Waals surface area contributed by atoms with Gasteiger partial charge in [0.2, 0.25) is 0 Å². The summed E-state index contributed by atoms with van der Waals surface area (Å²) < 4.78 is 9.80. The zero-order valence-corrected chi connectivity index (χ0v) is 13.0. The molecule has 1 aliphatic heterocycles. The summed E-state index contributed by atoms with van der Waals surface area (Å²) in [6, 6.07) is 0. The Morgan fingerprint density at radius 3 is 2.10 bits per heavy atom. The van der Waals surface area contributed by atoms with Crippen molar-refractivity contribution in [2.45, 2.75) is 39.5 Å². The Bertz CT molecular complexity index is 373. The third-order valence-electron chi connectivity index (χ3n) is 3.32. The fourth-order valence-electron chi connectivity index (χ4n) is 2.21. The highest BCUT2D eigenvalue weighted by atomic mass is 16.6. The van der Waals surface area contributed by atoms with E-state index in [1.54, 1.807) is 13.8 Å². The van der Waals surface area contributed by atoms with E-state index in [4.69, 9.17) is 9.47 Å². The summed E-state index contributed by atoms with van der Waals surface area (Å²) in [6.07, 6.45) is 3.88. The van der Waals surface area contributed by atoms with Gasteiger partial charge in [0, 0.05) is 6.42 Å². The average molecular weight is 295 g/mol. The number of piperidine rings is 1. The van der Waals surface area contributed by atoms with Gasteiger partial charge in [-0.2, -0.15) is 0 Å². The number of carbonyl (C=O) groups is 2. The Kier molecular flexibility index (Phi) is 8.53. The number of rotatable bonds is 6. The van der Waals surface area contributed by atoms with Gasteiger partial charge in [-0.25, -0.2) is 0 Å². The molecule has 0 aromatic rings. The maximum atomic E-state index is 11.8. The molecular formula is C16H25NO4. The Labute approximate surface area is 127 Å². The number of carbonyl (C=O) groups excluding carboxylic acids is 2. The summed E-state index contributed by atoms with van der Waals surface area (Å²) in [5.74, 6) is 3.92. The maximum Gasteiger partial charge on any atom is 0.321 e. The molecule has 0 aromatic heterocycles. The van der Waals surface area contributed by atoms with Crippen molar-refractivity contribution >= 4 is 11.9 Å². The van der Waals surface area contributed by atoms with Crippen LogP contribution in [0.25, 0.3) is 0 Å². The van der Waals surface area contributed by atoms with Crippen LogP contribution in [0.5, 0.6) is 0 Å². The third-order valence-corrected chi connectivity index (χ3v) is 3.32. The maximum absolute atomic E-state index is 11.8. The zero-order chi connectivity index (χ0) is 15.5. The molecule has 1 aliphatic rings. The normalized spacial score (nSPS) is 15.2. The number of hydrogen-bond acceptors (Lipinski definition) is 5. The van der Waals surface area contributed by atoms with Gasteiger partial charge in [-0.1, -0.05) is 12.3 Å². The van der Waals surface area contributed by atoms with Crippen LogP contribution in [0, 0.1) is 17.8 Å². The molecule has 5 heteroatoms. The molecule has 0 saturated carbocycles. The first-order valence-electron chi connectivity index (χ1n) is 7.70. The van der Waals surface area contributed by atoms with Gasteiger partial charge in [0.1, 0.15) is 0 Å². The first kappa shape index (κ1) is 17.5. The molecule has 118 valence electrons. The first-order chi connectivity index (χ1) is 10.2. The van der Waals surface area contributed by atoms with Gasteiger partial charge in [-0.15, -0.1) is 5.92 Å². The van der Waals surface area contributed by atoms with Crippen LogP contribution in [0.1, 0.15) is 39.5 Å². The van der Waals surface area contributed by atoms with Gasteiger partial charge in [-0.05, 0) is 39.8 Å². The van der Waals surface area contributed by atoms with Crippen LogP contribution < -0.4 is 0 Å². The minimum atomic E-state index is -0.932. The summed E-state index contributed by atoms with van der Waals surface area (Å²) in [5.41, 5.74) is 0. The molecule has 0 radical (unpaired) electrons. The highest BCUT2D eigenvalue weighted by Crippen LogP contribution is 2.09. The SMILES string of the molecule is CCOC(=O)C(CC#CCN1CCCCC1)C(=O)OCC. The average Bonchev–Trinajstić information content (AvgIpc) is 2.48. The van der Waals surface area contributed by atoms with Crippen LogP contribution in [0.4, 0.5) is 0 Å². The van der Waals surface area contributed by atoms with Gasteiger partial charge in [0.05, 0.1) is 19.8 Å². The van der Waals surface area contributed by atoms with Crippen molar-refractivity contribution in [2.75, 3.05) is 32.8 Å². The van der Waals surface area contributed by atoms with E-state index in [0.29, 0.717) is 6.54 Å². The summed E-state index contributed by atoms with van der Waals surface area (Å²) in [4.78, 5) is 25.8. The molecule has 1 rings (SSSR count). The molecule has 0 aromatic carbocycles. The largest absolute Gasteiger partial charge is 0.465 e. The van der Waals surface area contributed by atoms with Crippen molar-refractivity contribution in [3.05, 3.63) is 0 Å². The highest BCUT2D eigenvalue weighted by molar-refractivity contribution is 5.95. The van der Waals surface area contributed by atoms with E-state index in [2.05, 4.69) is 16.7 Å². The van der Waals surface area contributed by atoms with Crippen LogP contribution in [-0.2, 0) is 19.1 Å². The van der Waals surface area contributed by atoms with Crippen LogP contribution in [-0.4, -0.2) is 49.7 Å². The first-order valence-corrected chi connectivity index (χ1v) is 7.70. The minimum absolute atomic E-state index is 0.158. The number of likely N-dealkylation sites (tertiary alicyclic amines) is 1. The second-order valence-corrected chi connectivity index (χ2v) is 4.95. The monoisotopic (exact) mass is 295 g/mol. The zero-order valence-electron chi connectivity index (χ0n) is 13.0. The van der Waals surface area contributed by atoms with Crippen molar-refractivity contribution in [3.63, 3.8) is 0 Å². The van der Waals surface area contributed by atoms with Gasteiger partial charge in [-0.3, -0.25) is 14.5 Å². The topological polar surface area (TPSA) is 55.8 Å². The molecule has 0 atom stereocenters. The molecule has 1 fully saturated rings. The Balaban J connectivity index is 2.48. The fourth-order valence-corrected chi connectivity index (χ4v) is 2.21. The van der Waals surface area contributed by atoms with Crippen molar-refractivity contribution in [1.29, 1.82) is 0 Å². The van der Waals surface area contributed by atoms with E-state index >= 15 is 0 Å². The lowest BCUT2D eigenvalue weighted by Gasteiger charge is -2.23. The highest BCUT2D eigenvalue weighted by Gasteiger charge is 2.28. The molecule has 0 amide bonds. The molecule has 0 N–H and O–H groups in total. The van der Waals surface area contributed by atoms with Gasteiger partial charge < -0.3 is 9.47 Å². The van der Waals surface area contributed by atoms with E-state index in [0.717, 1.165) is 13.1 Å². The molecule has 1 saturated heterocycles. The summed E-state index contributed by atoms with van der Waals surface area (Å²) in [6.45, 7) is 6.76. The Morgan fingerprint density at radius 2 is 1.57 bits per heavy atom. The van der Waals surface area contributed by atoms with Crippen LogP contribution in [0.3, 0.4) is 0 Å². The van der Waals surface area contributed by atoms with Crippen molar-refractivity contribution < 1.29 is 19.1 Å². The van der Waals surface area contributed by atoms with E-state index < -0.39 is 17.9 Å². The molecule has 21 heavy (non-hydrogen) atoms. The smallest absolute Gasteiger partial charge is 0.321 e. The molecule has 0 bridgehead atoms. The number of hydrogen-bond donors (Lipinski definition) is 0. The molecule has 0 aliphatic carbocycles. The lowest BCUT2D eigenvalue weighted by atomic mass is 10.1. The molecule has 0 spiro atoms. The number of nitrogens with zero attached hydrogens (tertiary/aromatic N) is 1. The Hall–Kier alpha value is -1.54. The number of esters is 2. The van der Waals surface area contributed by atoms with Crippen molar-refractivity contribution in [3.8, 4) is 11.8 Å². The predicted octanol–water partition coefficient (Wildman–Crippen LogP) is 1.61. The molecule has 5 nitrogen and oxygen atoms in total. The van der Waals surface area contributed by atoms with Crippen molar-refractivity contribution in [1.82, 2.24) is 4.90 Å². The molecule has 1 heterocycles. The second-order valence-electron chi connectivity index (χ2n) is 4.95. The summed E-state index contributed by atoms with van der Waals surface area (Å²) in [7, 11) is 0. The van der Waals surface area contributed by atoms with E-state index in [-0.39, 0.29) is 19.6 Å². The minimum Gasteiger partial charge on any atom is -0.465 e. The third kappa shape index (κ3) is 6.63. The lowest BCUT2D eigenvalue weighted by molar-refractivity contribution is -0.161. The van der Waals surface area contributed by atoms with Crippen molar-refractivity contribution in [2.24, 2.45) is 5.92 Å². The number of ether oxygens (including phenoxy) is 2. The van der Waals surface area contributed by atoms with Gasteiger partial charge in [0.25, 0.3) is 0 Å². The fraction of sp³-hybridized carbons (Fsp3) is 0.750. The summed E-state index contributed by atoms with van der Waals surface area (Å²) >= 11 is 0. The Morgan fingerprint density at radius 1 is 1.00 bits per heavy atom. The van der Waals surface area contributed by atoms with Crippen LogP contribution >= 0.6 is 0 Å². The second kappa shape index (κ2) is 10.2. The van der Waals surface area contributed by atoms with Crippen LogP contribution in [0.15, 0.2) is 0 Å². The molecular weight excluding hydrogens is 270 g/mol.